The topological polar surface area (TPSA) is 64.4 Å². The van der Waals surface area contributed by atoms with Gasteiger partial charge in [-0.05, 0) is 68.0 Å². The molecule has 3 aromatic rings. The van der Waals surface area contributed by atoms with E-state index in [9.17, 15) is 8.42 Å². The number of hydrogen-bond acceptors (Lipinski definition) is 5. The largest absolute Gasteiger partial charge is 0.382 e. The van der Waals surface area contributed by atoms with Crippen molar-refractivity contribution >= 4 is 44.4 Å². The molecule has 1 aromatic heterocycles. The number of aryl methyl sites for hydroxylation is 1. The van der Waals surface area contributed by atoms with Crippen LogP contribution in [0.3, 0.4) is 0 Å². The van der Waals surface area contributed by atoms with E-state index >= 15 is 0 Å². The predicted octanol–water partition coefficient (Wildman–Crippen LogP) is 5.83. The normalized spacial score (nSPS) is 17.4. The van der Waals surface area contributed by atoms with Gasteiger partial charge in [-0.1, -0.05) is 42.4 Å². The van der Waals surface area contributed by atoms with Crippen LogP contribution in [0.15, 0.2) is 52.5 Å². The second kappa shape index (κ2) is 11.4. The summed E-state index contributed by atoms with van der Waals surface area (Å²) >= 11 is 7.78. The first-order valence-electron chi connectivity index (χ1n) is 11.8. The Morgan fingerprint density at radius 2 is 2.09 bits per heavy atom. The van der Waals surface area contributed by atoms with Crippen LogP contribution in [0.25, 0.3) is 11.0 Å². The molecule has 0 bridgehead atoms. The molecule has 1 aliphatic rings. The summed E-state index contributed by atoms with van der Waals surface area (Å²) in [5.74, 6) is 1.11. The van der Waals surface area contributed by atoms with Crippen LogP contribution in [0, 0.1) is 5.92 Å². The Labute approximate surface area is 211 Å². The van der Waals surface area contributed by atoms with Crippen LogP contribution in [0.1, 0.15) is 38.7 Å². The SMILES string of the molecule is CCOCCCn1c(SCc2cccc(Cl)c2)nc2cc(S(=O)(=O)N3CCC[C@@H](C)C3)ccc21. The fourth-order valence-electron chi connectivity index (χ4n) is 4.33. The van der Waals surface area contributed by atoms with Gasteiger partial charge < -0.3 is 9.30 Å². The molecule has 0 aliphatic carbocycles. The van der Waals surface area contributed by atoms with Gasteiger partial charge in [0.05, 0.1) is 15.9 Å². The van der Waals surface area contributed by atoms with Crippen LogP contribution in [0.5, 0.6) is 0 Å². The number of sulfonamides is 1. The summed E-state index contributed by atoms with van der Waals surface area (Å²) < 4.78 is 35.9. The molecule has 2 aromatic carbocycles. The lowest BCUT2D eigenvalue weighted by atomic mass is 10.0. The third kappa shape index (κ3) is 5.97. The standard InChI is InChI=1S/C25H32ClN3O3S2/c1-3-32-14-6-13-29-24-11-10-22(34(30,31)28-12-5-7-19(2)17-28)16-23(24)27-25(29)33-18-20-8-4-9-21(26)15-20/h4,8-11,15-16,19H,3,5-7,12-14,17-18H2,1-2H3/t19-/m1/s1. The lowest BCUT2D eigenvalue weighted by Gasteiger charge is -2.30. The average Bonchev–Trinajstić information content (AvgIpc) is 3.17. The highest BCUT2D eigenvalue weighted by atomic mass is 35.5. The van der Waals surface area contributed by atoms with Crippen LogP contribution >= 0.6 is 23.4 Å². The number of nitrogens with zero attached hydrogens (tertiary/aromatic N) is 3. The molecular formula is C25H32ClN3O3S2. The third-order valence-electron chi connectivity index (χ3n) is 6.07. The quantitative estimate of drug-likeness (QED) is 0.248. The van der Waals surface area contributed by atoms with E-state index in [1.54, 1.807) is 28.2 Å². The molecular weight excluding hydrogens is 490 g/mol. The summed E-state index contributed by atoms with van der Waals surface area (Å²) in [5, 5.41) is 1.58. The van der Waals surface area contributed by atoms with Gasteiger partial charge in [0.2, 0.25) is 10.0 Å². The zero-order valence-corrected chi connectivity index (χ0v) is 22.1. The molecule has 0 N–H and O–H groups in total. The van der Waals surface area contributed by atoms with Crippen molar-refractivity contribution in [3.05, 3.63) is 53.1 Å². The molecule has 0 unspecified atom stereocenters. The molecule has 184 valence electrons. The van der Waals surface area contributed by atoms with E-state index in [0.717, 1.165) is 47.8 Å². The Morgan fingerprint density at radius 1 is 1.24 bits per heavy atom. The van der Waals surface area contributed by atoms with Gasteiger partial charge >= 0.3 is 0 Å². The van der Waals surface area contributed by atoms with Crippen molar-refractivity contribution in [3.63, 3.8) is 0 Å². The van der Waals surface area contributed by atoms with Gasteiger partial charge in [0.25, 0.3) is 0 Å². The minimum absolute atomic E-state index is 0.319. The van der Waals surface area contributed by atoms with Crippen molar-refractivity contribution in [2.24, 2.45) is 5.92 Å². The van der Waals surface area contributed by atoms with E-state index in [0.29, 0.717) is 47.7 Å². The lowest BCUT2D eigenvalue weighted by Crippen LogP contribution is -2.39. The summed E-state index contributed by atoms with van der Waals surface area (Å²) in [7, 11) is -3.53. The number of ether oxygens (including phenoxy) is 1. The first-order chi connectivity index (χ1) is 16.4. The zero-order chi connectivity index (χ0) is 24.1. The van der Waals surface area contributed by atoms with Crippen molar-refractivity contribution in [2.75, 3.05) is 26.3 Å². The van der Waals surface area contributed by atoms with Gasteiger partial charge in [-0.15, -0.1) is 0 Å². The van der Waals surface area contributed by atoms with E-state index in [2.05, 4.69) is 11.5 Å². The average molecular weight is 522 g/mol. The van der Waals surface area contributed by atoms with Gasteiger partial charge in [-0.25, -0.2) is 13.4 Å². The minimum Gasteiger partial charge on any atom is -0.382 e. The molecule has 6 nitrogen and oxygen atoms in total. The molecule has 2 heterocycles. The first kappa shape index (κ1) is 25.5. The van der Waals surface area contributed by atoms with Crippen molar-refractivity contribution in [1.29, 1.82) is 0 Å². The number of imidazole rings is 1. The van der Waals surface area contributed by atoms with Gasteiger partial charge in [-0.2, -0.15) is 4.31 Å². The van der Waals surface area contributed by atoms with Crippen LogP contribution in [-0.4, -0.2) is 48.6 Å². The number of fused-ring (bicyclic) bond motifs is 1. The maximum absolute atomic E-state index is 13.3. The fourth-order valence-corrected chi connectivity index (χ4v) is 7.15. The summed E-state index contributed by atoms with van der Waals surface area (Å²) in [6.07, 6.45) is 2.83. The summed E-state index contributed by atoms with van der Waals surface area (Å²) in [4.78, 5) is 5.17. The Morgan fingerprint density at radius 3 is 2.85 bits per heavy atom. The van der Waals surface area contributed by atoms with E-state index in [4.69, 9.17) is 21.3 Å². The maximum atomic E-state index is 13.3. The Bertz CT molecular complexity index is 1230. The smallest absolute Gasteiger partial charge is 0.243 e. The number of rotatable bonds is 10. The Kier molecular flexibility index (Phi) is 8.58. The number of thioether (sulfide) groups is 1. The van der Waals surface area contributed by atoms with Crippen molar-refractivity contribution in [3.8, 4) is 0 Å². The van der Waals surface area contributed by atoms with Crippen LogP contribution in [-0.2, 0) is 27.1 Å². The van der Waals surface area contributed by atoms with Crippen LogP contribution in [0.2, 0.25) is 5.02 Å². The van der Waals surface area contributed by atoms with Crippen molar-refractivity contribution < 1.29 is 13.2 Å². The molecule has 9 heteroatoms. The highest BCUT2D eigenvalue weighted by Gasteiger charge is 2.29. The molecule has 1 fully saturated rings. The molecule has 4 rings (SSSR count). The number of piperidine rings is 1. The lowest BCUT2D eigenvalue weighted by molar-refractivity contribution is 0.141. The number of hydrogen-bond donors (Lipinski definition) is 0. The molecule has 0 radical (unpaired) electrons. The molecule has 0 spiro atoms. The molecule has 1 atom stereocenters. The molecule has 1 aliphatic heterocycles. The fraction of sp³-hybridized carbons (Fsp3) is 0.480. The minimum atomic E-state index is -3.53. The van der Waals surface area contributed by atoms with Gasteiger partial charge in [0.1, 0.15) is 0 Å². The molecule has 34 heavy (non-hydrogen) atoms. The Hall–Kier alpha value is -1.58. The van der Waals surface area contributed by atoms with Crippen molar-refractivity contribution in [1.82, 2.24) is 13.9 Å². The third-order valence-corrected chi connectivity index (χ3v) is 9.22. The summed E-state index contributed by atoms with van der Waals surface area (Å²) in [5.41, 5.74) is 2.76. The van der Waals surface area contributed by atoms with Gasteiger partial charge in [-0.3, -0.25) is 0 Å². The first-order valence-corrected chi connectivity index (χ1v) is 14.6. The van der Waals surface area contributed by atoms with Crippen LogP contribution < -0.4 is 0 Å². The highest BCUT2D eigenvalue weighted by Crippen LogP contribution is 2.31. The monoisotopic (exact) mass is 521 g/mol. The molecule has 1 saturated heterocycles. The van der Waals surface area contributed by atoms with Crippen molar-refractivity contribution in [2.45, 2.75) is 55.5 Å². The second-order valence-corrected chi connectivity index (χ2v) is 12.1. The van der Waals surface area contributed by atoms with E-state index in [1.165, 1.54) is 0 Å². The maximum Gasteiger partial charge on any atom is 0.243 e. The molecule has 0 saturated carbocycles. The summed E-state index contributed by atoms with van der Waals surface area (Å²) in [6.45, 7) is 7.38. The summed E-state index contributed by atoms with van der Waals surface area (Å²) in [6, 6.07) is 13.2. The number of halogens is 1. The number of benzene rings is 2. The molecule has 0 amide bonds. The van der Waals surface area contributed by atoms with Gasteiger partial charge in [0, 0.05) is 43.6 Å². The number of aromatic nitrogens is 2. The highest BCUT2D eigenvalue weighted by molar-refractivity contribution is 7.98. The van der Waals surface area contributed by atoms with E-state index in [1.807, 2.05) is 37.3 Å². The van der Waals surface area contributed by atoms with E-state index < -0.39 is 10.0 Å². The van der Waals surface area contributed by atoms with Gasteiger partial charge in [0.15, 0.2) is 5.16 Å². The zero-order valence-electron chi connectivity index (χ0n) is 19.7. The van der Waals surface area contributed by atoms with E-state index in [-0.39, 0.29) is 0 Å². The van der Waals surface area contributed by atoms with Crippen LogP contribution in [0.4, 0.5) is 0 Å². The Balaban J connectivity index is 1.63. The predicted molar refractivity (Wildman–Crippen MR) is 139 cm³/mol. The second-order valence-electron chi connectivity index (χ2n) is 8.78.